The number of anilines is 1. The van der Waals surface area contributed by atoms with E-state index < -0.39 is 24.2 Å². The van der Waals surface area contributed by atoms with Crippen LogP contribution in [-0.2, 0) is 20.1 Å². The van der Waals surface area contributed by atoms with Gasteiger partial charge in [0, 0.05) is 6.20 Å². The second kappa shape index (κ2) is 4.36. The van der Waals surface area contributed by atoms with Gasteiger partial charge in [0.15, 0.2) is 18.7 Å². The first kappa shape index (κ1) is 12.9. The van der Waals surface area contributed by atoms with Crippen molar-refractivity contribution in [1.82, 2.24) is 14.5 Å². The molecule has 0 saturated carbocycles. The van der Waals surface area contributed by atoms with Gasteiger partial charge in [0.1, 0.15) is 24.1 Å². The number of nitrogen functional groups attached to an aromatic ring is 1. The summed E-state index contributed by atoms with van der Waals surface area (Å²) < 4.78 is 18.4. The minimum Gasteiger partial charge on any atom is -0.394 e. The molecular weight excluding hydrogens is 280 g/mol. The van der Waals surface area contributed by atoms with Crippen molar-refractivity contribution in [2.75, 3.05) is 19.1 Å². The highest BCUT2D eigenvalue weighted by Crippen LogP contribution is 2.44. The van der Waals surface area contributed by atoms with Crippen molar-refractivity contribution in [2.45, 2.75) is 24.2 Å². The number of nitrogens with two attached hydrogens (primary N) is 1. The molecule has 2 aliphatic heterocycles. The first-order chi connectivity index (χ1) is 10.2. The molecule has 4 atom stereocenters. The van der Waals surface area contributed by atoms with Gasteiger partial charge in [-0.1, -0.05) is 0 Å². The van der Waals surface area contributed by atoms with Gasteiger partial charge in [0.05, 0.1) is 12.1 Å². The molecule has 0 aliphatic carbocycles. The van der Waals surface area contributed by atoms with Crippen LogP contribution in [0.15, 0.2) is 18.6 Å². The van der Waals surface area contributed by atoms with Crippen molar-refractivity contribution in [3.63, 3.8) is 0 Å². The number of aliphatic hydroxyl groups excluding tert-OH is 2. The predicted octanol–water partition coefficient (Wildman–Crippen LogP) is -1.25. The highest BCUT2D eigenvalue weighted by Gasteiger charge is 2.62. The molecule has 2 aromatic heterocycles. The first-order valence-corrected chi connectivity index (χ1v) is 6.47. The number of rotatable bonds is 2. The van der Waals surface area contributed by atoms with Crippen molar-refractivity contribution in [2.24, 2.45) is 0 Å². The molecule has 2 saturated heterocycles. The number of aromatic nitrogens is 3. The lowest BCUT2D eigenvalue weighted by atomic mass is 10.1. The fourth-order valence-corrected chi connectivity index (χ4v) is 2.90. The lowest BCUT2D eigenvalue weighted by Gasteiger charge is -2.27. The zero-order valence-electron chi connectivity index (χ0n) is 10.9. The van der Waals surface area contributed by atoms with Crippen molar-refractivity contribution in [3.05, 3.63) is 18.6 Å². The van der Waals surface area contributed by atoms with Crippen LogP contribution >= 0.6 is 0 Å². The third kappa shape index (κ3) is 1.57. The van der Waals surface area contributed by atoms with Crippen LogP contribution in [0.25, 0.3) is 11.0 Å². The number of imidazole rings is 1. The Labute approximate surface area is 118 Å². The topological polar surface area (TPSA) is 125 Å². The quantitative estimate of drug-likeness (QED) is 0.627. The molecule has 1 unspecified atom stereocenters. The Morgan fingerprint density at radius 2 is 2.33 bits per heavy atom. The van der Waals surface area contributed by atoms with E-state index in [4.69, 9.17) is 19.9 Å². The van der Waals surface area contributed by atoms with Crippen LogP contribution in [0.5, 0.6) is 0 Å². The molecule has 0 aromatic carbocycles. The molecule has 9 heteroatoms. The van der Waals surface area contributed by atoms with Crippen LogP contribution in [0.1, 0.15) is 0 Å². The normalized spacial score (nSPS) is 35.4. The van der Waals surface area contributed by atoms with Gasteiger partial charge >= 0.3 is 0 Å². The predicted molar refractivity (Wildman–Crippen MR) is 68.7 cm³/mol. The standard InChI is InChI=1S/C12H14N4O5/c13-11-8-6(1-2-14-11)16(4-15-8)12-10(19-5-20-12)9(18)7(3-17)21-12/h1-2,4,7,9-10,17-18H,3,5H2,(H2,13,14)/t7-,9-,10?,12-/m1/s1. The van der Waals surface area contributed by atoms with Crippen molar-refractivity contribution in [1.29, 1.82) is 0 Å². The summed E-state index contributed by atoms with van der Waals surface area (Å²) in [5.41, 5.74) is 6.94. The van der Waals surface area contributed by atoms with Gasteiger partial charge in [-0.25, -0.2) is 9.97 Å². The maximum atomic E-state index is 10.2. The van der Waals surface area contributed by atoms with E-state index in [2.05, 4.69) is 9.97 Å². The summed E-state index contributed by atoms with van der Waals surface area (Å²) >= 11 is 0. The summed E-state index contributed by atoms with van der Waals surface area (Å²) in [6.07, 6.45) is 0.478. The average Bonchev–Trinajstić information content (AvgIpc) is 3.13. The number of pyridine rings is 1. The van der Waals surface area contributed by atoms with E-state index in [-0.39, 0.29) is 19.2 Å². The maximum Gasteiger partial charge on any atom is 0.289 e. The Kier molecular flexibility index (Phi) is 2.68. The van der Waals surface area contributed by atoms with Gasteiger partial charge in [0.25, 0.3) is 5.91 Å². The smallest absolute Gasteiger partial charge is 0.289 e. The fourth-order valence-electron chi connectivity index (χ4n) is 2.90. The molecule has 4 rings (SSSR count). The van der Waals surface area contributed by atoms with Crippen molar-refractivity contribution in [3.8, 4) is 0 Å². The van der Waals surface area contributed by atoms with Gasteiger partial charge in [-0.05, 0) is 6.07 Å². The molecule has 4 heterocycles. The van der Waals surface area contributed by atoms with Gasteiger partial charge in [-0.2, -0.15) is 0 Å². The molecule has 9 nitrogen and oxygen atoms in total. The molecule has 0 spiro atoms. The van der Waals surface area contributed by atoms with Crippen LogP contribution < -0.4 is 5.73 Å². The Bertz CT molecular complexity index is 691. The van der Waals surface area contributed by atoms with E-state index in [0.717, 1.165) is 0 Å². The molecule has 21 heavy (non-hydrogen) atoms. The summed E-state index contributed by atoms with van der Waals surface area (Å²) in [7, 11) is 0. The lowest BCUT2D eigenvalue weighted by molar-refractivity contribution is -0.264. The molecule has 0 amide bonds. The molecule has 4 N–H and O–H groups in total. The summed E-state index contributed by atoms with van der Waals surface area (Å²) in [6.45, 7) is -0.372. The Hall–Kier alpha value is -1.78. The van der Waals surface area contributed by atoms with Crippen LogP contribution in [0.2, 0.25) is 0 Å². The first-order valence-electron chi connectivity index (χ1n) is 6.47. The Balaban J connectivity index is 1.89. The molecule has 0 radical (unpaired) electrons. The van der Waals surface area contributed by atoms with Crippen molar-refractivity contribution >= 4 is 16.9 Å². The second-order valence-corrected chi connectivity index (χ2v) is 4.99. The molecule has 2 aromatic rings. The minimum atomic E-state index is -1.37. The van der Waals surface area contributed by atoms with E-state index in [1.807, 2.05) is 0 Å². The minimum absolute atomic E-state index is 0.0277. The van der Waals surface area contributed by atoms with E-state index in [1.165, 1.54) is 6.33 Å². The summed E-state index contributed by atoms with van der Waals surface area (Å²) in [6, 6.07) is 1.72. The van der Waals surface area contributed by atoms with Crippen molar-refractivity contribution < 1.29 is 24.4 Å². The van der Waals surface area contributed by atoms with Gasteiger partial charge in [0.2, 0.25) is 0 Å². The van der Waals surface area contributed by atoms with Gasteiger partial charge < -0.3 is 30.2 Å². The number of fused-ring (bicyclic) bond motifs is 2. The number of aliphatic hydroxyl groups is 2. The van der Waals surface area contributed by atoms with E-state index >= 15 is 0 Å². The molecule has 2 fully saturated rings. The Morgan fingerprint density at radius 1 is 1.48 bits per heavy atom. The van der Waals surface area contributed by atoms with Gasteiger partial charge in [-0.15, -0.1) is 0 Å². The lowest BCUT2D eigenvalue weighted by Crippen LogP contribution is -2.42. The third-order valence-corrected chi connectivity index (χ3v) is 3.89. The highest BCUT2D eigenvalue weighted by atomic mass is 16.8. The summed E-state index contributed by atoms with van der Waals surface area (Å²) in [5.74, 6) is -1.08. The number of hydrogen-bond donors (Lipinski definition) is 3. The molecule has 2 aliphatic rings. The zero-order valence-corrected chi connectivity index (χ0v) is 10.9. The SMILES string of the molecule is Nc1nccc2c1ncn2[C@@]12OCOC1[C@H](O)[C@@H](CO)O2. The largest absolute Gasteiger partial charge is 0.394 e. The number of nitrogens with zero attached hydrogens (tertiary/aromatic N) is 3. The van der Waals surface area contributed by atoms with Crippen LogP contribution in [-0.4, -0.2) is 56.5 Å². The highest BCUT2D eigenvalue weighted by molar-refractivity contribution is 5.84. The van der Waals surface area contributed by atoms with E-state index in [9.17, 15) is 10.2 Å². The van der Waals surface area contributed by atoms with E-state index in [1.54, 1.807) is 16.8 Å². The summed E-state index contributed by atoms with van der Waals surface area (Å²) in [4.78, 5) is 8.19. The number of ether oxygens (including phenoxy) is 3. The molecular formula is C12H14N4O5. The molecule has 0 bridgehead atoms. The van der Waals surface area contributed by atoms with Crippen LogP contribution in [0.3, 0.4) is 0 Å². The third-order valence-electron chi connectivity index (χ3n) is 3.89. The van der Waals surface area contributed by atoms with Crippen LogP contribution in [0, 0.1) is 0 Å². The average molecular weight is 294 g/mol. The number of hydrogen-bond acceptors (Lipinski definition) is 8. The fraction of sp³-hybridized carbons (Fsp3) is 0.500. The zero-order chi connectivity index (χ0) is 14.6. The van der Waals surface area contributed by atoms with E-state index in [0.29, 0.717) is 11.0 Å². The second-order valence-electron chi connectivity index (χ2n) is 4.99. The molecule has 112 valence electrons. The monoisotopic (exact) mass is 294 g/mol. The summed E-state index contributed by atoms with van der Waals surface area (Å²) in [5, 5.41) is 19.5. The maximum absolute atomic E-state index is 10.2. The van der Waals surface area contributed by atoms with Crippen LogP contribution in [0.4, 0.5) is 5.82 Å². The Morgan fingerprint density at radius 3 is 3.14 bits per heavy atom. The van der Waals surface area contributed by atoms with Gasteiger partial charge in [-0.3, -0.25) is 4.57 Å².